The van der Waals surface area contributed by atoms with Gasteiger partial charge in [-0.15, -0.1) is 0 Å². The van der Waals surface area contributed by atoms with Gasteiger partial charge in [-0.25, -0.2) is 0 Å². The largest absolute Gasteiger partial charge is 0.483 e. The number of carboxylic acid groups (broad SMARTS) is 1. The van der Waals surface area contributed by atoms with E-state index in [0.717, 1.165) is 13.0 Å². The van der Waals surface area contributed by atoms with Crippen LogP contribution in [-0.2, 0) is 15.0 Å². The third kappa shape index (κ3) is 3.59. The number of nitrogens with one attached hydrogen (secondary N) is 1. The third-order valence-corrected chi connectivity index (χ3v) is 3.05. The first-order valence-electron chi connectivity index (χ1n) is 5.52. The topological polar surface area (TPSA) is 66.4 Å². The summed E-state index contributed by atoms with van der Waals surface area (Å²) in [6.45, 7) is 2.72. The Morgan fingerprint density at radius 2 is 1.94 bits per heavy atom. The van der Waals surface area contributed by atoms with Gasteiger partial charge in [-0.3, -0.25) is 9.59 Å². The number of carbonyl (C=O) groups is 2. The van der Waals surface area contributed by atoms with Crippen molar-refractivity contribution < 1.29 is 14.7 Å². The Morgan fingerprint density at radius 3 is 2.41 bits per heavy atom. The van der Waals surface area contributed by atoms with Crippen LogP contribution >= 0.6 is 0 Å². The fourth-order valence-electron chi connectivity index (χ4n) is 1.95. The minimum absolute atomic E-state index is 0.120. The van der Waals surface area contributed by atoms with Crippen LogP contribution in [0.3, 0.4) is 0 Å². The first-order chi connectivity index (χ1) is 8.12. The fourth-order valence-corrected chi connectivity index (χ4v) is 1.95. The van der Waals surface area contributed by atoms with Crippen molar-refractivity contribution in [2.45, 2.75) is 25.2 Å². The SMILES string of the molecule is CC1(c2ccccc2)CCC(=O)NC1.O=CO. The fraction of sp³-hybridized carbons (Fsp3) is 0.385. The number of benzene rings is 1. The number of amides is 1. The van der Waals surface area contributed by atoms with Crippen LogP contribution in [0.2, 0.25) is 0 Å². The predicted octanol–water partition coefficient (Wildman–Crippen LogP) is 1.56. The highest BCUT2D eigenvalue weighted by molar-refractivity contribution is 5.77. The molecule has 0 aliphatic carbocycles. The molecule has 0 radical (unpaired) electrons. The quantitative estimate of drug-likeness (QED) is 0.726. The molecule has 17 heavy (non-hydrogen) atoms. The van der Waals surface area contributed by atoms with Gasteiger partial charge in [0, 0.05) is 18.4 Å². The van der Waals surface area contributed by atoms with Gasteiger partial charge in [-0.2, -0.15) is 0 Å². The maximum atomic E-state index is 11.1. The molecule has 0 aromatic heterocycles. The van der Waals surface area contributed by atoms with Gasteiger partial charge in [0.15, 0.2) is 0 Å². The molecule has 1 amide bonds. The Kier molecular flexibility index (Phi) is 4.69. The Morgan fingerprint density at radius 1 is 1.35 bits per heavy atom. The van der Waals surface area contributed by atoms with Crippen molar-refractivity contribution in [2.75, 3.05) is 6.54 Å². The summed E-state index contributed by atoms with van der Waals surface area (Å²) in [7, 11) is 0. The Labute approximate surface area is 101 Å². The molecule has 1 heterocycles. The summed E-state index contributed by atoms with van der Waals surface area (Å²) < 4.78 is 0. The van der Waals surface area contributed by atoms with E-state index in [1.165, 1.54) is 5.56 Å². The lowest BCUT2D eigenvalue weighted by molar-refractivity contribution is -0.123. The minimum atomic E-state index is -0.250. The van der Waals surface area contributed by atoms with Gasteiger partial charge in [0.2, 0.25) is 5.91 Å². The Balaban J connectivity index is 0.000000437. The van der Waals surface area contributed by atoms with Crippen molar-refractivity contribution in [1.29, 1.82) is 0 Å². The molecular formula is C13H17NO3. The molecule has 1 aliphatic heterocycles. The molecule has 0 saturated carbocycles. The van der Waals surface area contributed by atoms with E-state index < -0.39 is 0 Å². The lowest BCUT2D eigenvalue weighted by atomic mass is 9.76. The molecule has 1 atom stereocenters. The van der Waals surface area contributed by atoms with E-state index in [1.54, 1.807) is 0 Å². The van der Waals surface area contributed by atoms with Gasteiger partial charge in [0.25, 0.3) is 6.47 Å². The van der Waals surface area contributed by atoms with E-state index in [9.17, 15) is 4.79 Å². The van der Waals surface area contributed by atoms with Crippen molar-refractivity contribution >= 4 is 12.4 Å². The molecular weight excluding hydrogens is 218 g/mol. The molecule has 1 aromatic rings. The zero-order valence-electron chi connectivity index (χ0n) is 9.85. The van der Waals surface area contributed by atoms with Gasteiger partial charge >= 0.3 is 0 Å². The predicted molar refractivity (Wildman–Crippen MR) is 64.7 cm³/mol. The van der Waals surface area contributed by atoms with Gasteiger partial charge in [-0.1, -0.05) is 37.3 Å². The number of rotatable bonds is 1. The highest BCUT2D eigenvalue weighted by atomic mass is 16.3. The number of hydrogen-bond acceptors (Lipinski definition) is 2. The van der Waals surface area contributed by atoms with Crippen molar-refractivity contribution in [3.63, 3.8) is 0 Å². The molecule has 1 saturated heterocycles. The van der Waals surface area contributed by atoms with Crippen LogP contribution in [0.1, 0.15) is 25.3 Å². The smallest absolute Gasteiger partial charge is 0.290 e. The summed E-state index contributed by atoms with van der Waals surface area (Å²) in [5.41, 5.74) is 1.44. The number of hydrogen-bond donors (Lipinski definition) is 2. The van der Waals surface area contributed by atoms with Crippen LogP contribution < -0.4 is 5.32 Å². The molecule has 1 aromatic carbocycles. The summed E-state index contributed by atoms with van der Waals surface area (Å²) in [4.78, 5) is 19.4. The summed E-state index contributed by atoms with van der Waals surface area (Å²) in [5, 5.41) is 9.82. The van der Waals surface area contributed by atoms with Crippen LogP contribution in [-0.4, -0.2) is 24.0 Å². The number of carbonyl (C=O) groups excluding carboxylic acids is 1. The second-order valence-corrected chi connectivity index (χ2v) is 4.31. The van der Waals surface area contributed by atoms with Crippen molar-refractivity contribution in [2.24, 2.45) is 0 Å². The average Bonchev–Trinajstić information content (AvgIpc) is 2.35. The summed E-state index contributed by atoms with van der Waals surface area (Å²) in [5.74, 6) is 0.179. The van der Waals surface area contributed by atoms with Crippen LogP contribution in [0, 0.1) is 0 Å². The zero-order valence-corrected chi connectivity index (χ0v) is 9.85. The van der Waals surface area contributed by atoms with Crippen molar-refractivity contribution in [1.82, 2.24) is 5.32 Å². The lowest BCUT2D eigenvalue weighted by Gasteiger charge is -2.34. The monoisotopic (exact) mass is 235 g/mol. The van der Waals surface area contributed by atoms with Crippen LogP contribution in [0.4, 0.5) is 0 Å². The van der Waals surface area contributed by atoms with Gasteiger partial charge in [0.1, 0.15) is 0 Å². The first-order valence-corrected chi connectivity index (χ1v) is 5.52. The molecule has 1 aliphatic rings. The highest BCUT2D eigenvalue weighted by Crippen LogP contribution is 2.30. The molecule has 2 rings (SSSR count). The van der Waals surface area contributed by atoms with E-state index in [4.69, 9.17) is 9.90 Å². The standard InChI is InChI=1S/C12H15NO.CH2O2/c1-12(8-7-11(14)13-9-12)10-5-3-2-4-6-10;2-1-3/h2-6H,7-9H2,1H3,(H,13,14);1H,(H,2,3). The Bertz CT molecular complexity index is 366. The normalized spacial score (nSPS) is 23.0. The van der Waals surface area contributed by atoms with E-state index in [0.29, 0.717) is 6.42 Å². The molecule has 0 bridgehead atoms. The number of piperidine rings is 1. The molecule has 4 nitrogen and oxygen atoms in total. The van der Waals surface area contributed by atoms with Gasteiger partial charge < -0.3 is 10.4 Å². The Hall–Kier alpha value is -1.84. The zero-order chi connectivity index (χ0) is 12.7. The first kappa shape index (κ1) is 13.2. The molecule has 1 fully saturated rings. The molecule has 92 valence electrons. The second kappa shape index (κ2) is 6.03. The van der Waals surface area contributed by atoms with Crippen LogP contribution in [0.15, 0.2) is 30.3 Å². The van der Waals surface area contributed by atoms with Crippen molar-refractivity contribution in [3.8, 4) is 0 Å². The lowest BCUT2D eigenvalue weighted by Crippen LogP contribution is -2.44. The van der Waals surface area contributed by atoms with Gasteiger partial charge in [-0.05, 0) is 12.0 Å². The maximum absolute atomic E-state index is 11.1. The second-order valence-electron chi connectivity index (χ2n) is 4.31. The molecule has 2 N–H and O–H groups in total. The summed E-state index contributed by atoms with van der Waals surface area (Å²) >= 11 is 0. The van der Waals surface area contributed by atoms with E-state index in [1.807, 2.05) is 6.07 Å². The van der Waals surface area contributed by atoms with E-state index in [-0.39, 0.29) is 17.8 Å². The molecule has 0 spiro atoms. The molecule has 4 heteroatoms. The van der Waals surface area contributed by atoms with Crippen LogP contribution in [0.25, 0.3) is 0 Å². The van der Waals surface area contributed by atoms with Crippen LogP contribution in [0.5, 0.6) is 0 Å². The van der Waals surface area contributed by atoms with Crippen molar-refractivity contribution in [3.05, 3.63) is 35.9 Å². The van der Waals surface area contributed by atoms with E-state index in [2.05, 4.69) is 36.5 Å². The third-order valence-electron chi connectivity index (χ3n) is 3.05. The summed E-state index contributed by atoms with van der Waals surface area (Å²) in [6.07, 6.45) is 1.59. The summed E-state index contributed by atoms with van der Waals surface area (Å²) in [6, 6.07) is 10.4. The minimum Gasteiger partial charge on any atom is -0.483 e. The molecule has 1 unspecified atom stereocenters. The maximum Gasteiger partial charge on any atom is 0.290 e. The van der Waals surface area contributed by atoms with E-state index >= 15 is 0 Å². The average molecular weight is 235 g/mol. The highest BCUT2D eigenvalue weighted by Gasteiger charge is 2.31. The van der Waals surface area contributed by atoms with Gasteiger partial charge in [0.05, 0.1) is 0 Å².